The Hall–Kier alpha value is -2.17. The Morgan fingerprint density at radius 2 is 2.05 bits per heavy atom. The zero-order chi connectivity index (χ0) is 14.6. The van der Waals surface area contributed by atoms with Crippen molar-refractivity contribution in [3.8, 4) is 0 Å². The number of hydrogen-bond donors (Lipinski definition) is 1. The van der Waals surface area contributed by atoms with Crippen LogP contribution in [-0.2, 0) is 16.6 Å². The average molecular weight is 273 g/mol. The summed E-state index contributed by atoms with van der Waals surface area (Å²) in [6.07, 6.45) is 2.53. The maximum Gasteiger partial charge on any atom is 0.226 e. The molecule has 0 aliphatic rings. The standard InChI is InChI=1S/C15H19N3O2/c1-15(2,3)12-7-8-13(18-17-12)16-14(19)9-6-11-5-4-10-20-11/h4-5,7-8,10H,6,9H2,1-3H3,(H,16,18,19). The van der Waals surface area contributed by atoms with E-state index in [2.05, 4.69) is 36.3 Å². The summed E-state index contributed by atoms with van der Waals surface area (Å²) in [5.74, 6) is 1.18. The second-order valence-electron chi connectivity index (χ2n) is 5.68. The number of aryl methyl sites for hydroxylation is 1. The molecule has 2 aromatic rings. The van der Waals surface area contributed by atoms with Gasteiger partial charge in [0.15, 0.2) is 5.82 Å². The normalized spacial score (nSPS) is 11.3. The number of carbonyl (C=O) groups excluding carboxylic acids is 1. The van der Waals surface area contributed by atoms with Crippen LogP contribution in [0.2, 0.25) is 0 Å². The minimum Gasteiger partial charge on any atom is -0.469 e. The van der Waals surface area contributed by atoms with Crippen LogP contribution in [0, 0.1) is 0 Å². The molecule has 0 aliphatic heterocycles. The lowest BCUT2D eigenvalue weighted by Crippen LogP contribution is -2.17. The predicted molar refractivity (Wildman–Crippen MR) is 76.4 cm³/mol. The van der Waals surface area contributed by atoms with Crippen LogP contribution in [0.15, 0.2) is 34.9 Å². The summed E-state index contributed by atoms with van der Waals surface area (Å²) in [5.41, 5.74) is 0.848. The van der Waals surface area contributed by atoms with Gasteiger partial charge in [0, 0.05) is 18.3 Å². The van der Waals surface area contributed by atoms with Gasteiger partial charge in [0.1, 0.15) is 5.76 Å². The maximum atomic E-state index is 11.8. The van der Waals surface area contributed by atoms with Crippen molar-refractivity contribution in [1.29, 1.82) is 0 Å². The number of carbonyl (C=O) groups is 1. The first-order chi connectivity index (χ1) is 9.45. The number of anilines is 1. The third-order valence-corrected chi connectivity index (χ3v) is 2.88. The van der Waals surface area contributed by atoms with Gasteiger partial charge in [-0.25, -0.2) is 0 Å². The molecule has 0 radical (unpaired) electrons. The van der Waals surface area contributed by atoms with Crippen molar-refractivity contribution in [2.45, 2.75) is 39.0 Å². The molecule has 20 heavy (non-hydrogen) atoms. The van der Waals surface area contributed by atoms with Crippen LogP contribution >= 0.6 is 0 Å². The zero-order valence-corrected chi connectivity index (χ0v) is 12.0. The highest BCUT2D eigenvalue weighted by Crippen LogP contribution is 2.19. The van der Waals surface area contributed by atoms with Crippen molar-refractivity contribution >= 4 is 11.7 Å². The van der Waals surface area contributed by atoms with Crippen molar-refractivity contribution in [2.24, 2.45) is 0 Å². The van der Waals surface area contributed by atoms with E-state index in [1.54, 1.807) is 12.3 Å². The highest BCUT2D eigenvalue weighted by Gasteiger charge is 2.16. The van der Waals surface area contributed by atoms with E-state index in [1.807, 2.05) is 18.2 Å². The van der Waals surface area contributed by atoms with E-state index < -0.39 is 0 Å². The molecule has 5 heteroatoms. The second-order valence-corrected chi connectivity index (χ2v) is 5.68. The van der Waals surface area contributed by atoms with Crippen molar-refractivity contribution in [3.63, 3.8) is 0 Å². The molecule has 0 saturated carbocycles. The summed E-state index contributed by atoms with van der Waals surface area (Å²) in [7, 11) is 0. The molecule has 0 atom stereocenters. The van der Waals surface area contributed by atoms with Gasteiger partial charge in [-0.05, 0) is 24.3 Å². The Morgan fingerprint density at radius 3 is 2.60 bits per heavy atom. The summed E-state index contributed by atoms with van der Waals surface area (Å²) in [5, 5.41) is 10.9. The van der Waals surface area contributed by atoms with Gasteiger partial charge in [0.25, 0.3) is 0 Å². The Bertz CT molecular complexity index is 554. The van der Waals surface area contributed by atoms with Gasteiger partial charge >= 0.3 is 0 Å². The van der Waals surface area contributed by atoms with Gasteiger partial charge in [-0.15, -0.1) is 5.10 Å². The van der Waals surface area contributed by atoms with Crippen LogP contribution in [0.5, 0.6) is 0 Å². The van der Waals surface area contributed by atoms with Crippen molar-refractivity contribution in [3.05, 3.63) is 42.0 Å². The van der Waals surface area contributed by atoms with Crippen LogP contribution in [0.3, 0.4) is 0 Å². The fourth-order valence-electron chi connectivity index (χ4n) is 1.70. The fourth-order valence-corrected chi connectivity index (χ4v) is 1.70. The van der Waals surface area contributed by atoms with Gasteiger partial charge in [-0.3, -0.25) is 4.79 Å². The van der Waals surface area contributed by atoms with E-state index in [4.69, 9.17) is 4.42 Å². The Kier molecular flexibility index (Phi) is 4.17. The van der Waals surface area contributed by atoms with Crippen molar-refractivity contribution in [1.82, 2.24) is 10.2 Å². The van der Waals surface area contributed by atoms with Crippen molar-refractivity contribution < 1.29 is 9.21 Å². The lowest BCUT2D eigenvalue weighted by atomic mass is 9.92. The summed E-state index contributed by atoms with van der Waals surface area (Å²) >= 11 is 0. The minimum absolute atomic E-state index is 0.0468. The lowest BCUT2D eigenvalue weighted by molar-refractivity contribution is -0.116. The second kappa shape index (κ2) is 5.86. The summed E-state index contributed by atoms with van der Waals surface area (Å²) in [4.78, 5) is 11.8. The van der Waals surface area contributed by atoms with E-state index >= 15 is 0 Å². The highest BCUT2D eigenvalue weighted by molar-refractivity contribution is 5.89. The quantitative estimate of drug-likeness (QED) is 0.930. The van der Waals surface area contributed by atoms with Crippen LogP contribution in [0.25, 0.3) is 0 Å². The van der Waals surface area contributed by atoms with E-state index in [9.17, 15) is 4.79 Å². The first-order valence-corrected chi connectivity index (χ1v) is 6.61. The van der Waals surface area contributed by atoms with Gasteiger partial charge in [0.2, 0.25) is 5.91 Å². The molecule has 0 bridgehead atoms. The molecule has 0 fully saturated rings. The van der Waals surface area contributed by atoms with E-state index in [-0.39, 0.29) is 11.3 Å². The number of nitrogens with one attached hydrogen (secondary N) is 1. The summed E-state index contributed by atoms with van der Waals surface area (Å²) in [6, 6.07) is 7.32. The molecule has 0 aromatic carbocycles. The SMILES string of the molecule is CC(C)(C)c1ccc(NC(=O)CCc2ccco2)nn1. The number of rotatable bonds is 4. The van der Waals surface area contributed by atoms with Gasteiger partial charge in [-0.1, -0.05) is 20.8 Å². The topological polar surface area (TPSA) is 68.0 Å². The average Bonchev–Trinajstić information content (AvgIpc) is 2.89. The molecule has 0 spiro atoms. The first kappa shape index (κ1) is 14.2. The molecule has 5 nitrogen and oxygen atoms in total. The highest BCUT2D eigenvalue weighted by atomic mass is 16.3. The number of nitrogens with zero attached hydrogens (tertiary/aromatic N) is 2. The number of aromatic nitrogens is 2. The molecule has 2 aromatic heterocycles. The third kappa shape index (κ3) is 3.91. The van der Waals surface area contributed by atoms with Crippen LogP contribution in [0.1, 0.15) is 38.6 Å². The van der Waals surface area contributed by atoms with Crippen molar-refractivity contribution in [2.75, 3.05) is 5.32 Å². The third-order valence-electron chi connectivity index (χ3n) is 2.88. The molecule has 2 rings (SSSR count). The lowest BCUT2D eigenvalue weighted by Gasteiger charge is -2.16. The largest absolute Gasteiger partial charge is 0.469 e. The molecule has 106 valence electrons. The molecule has 1 amide bonds. The van der Waals surface area contributed by atoms with Crippen LogP contribution in [-0.4, -0.2) is 16.1 Å². The molecule has 1 N–H and O–H groups in total. The van der Waals surface area contributed by atoms with E-state index in [0.717, 1.165) is 11.5 Å². The minimum atomic E-state index is -0.0980. The molecule has 0 saturated heterocycles. The fraction of sp³-hybridized carbons (Fsp3) is 0.400. The van der Waals surface area contributed by atoms with E-state index in [1.165, 1.54) is 0 Å². The van der Waals surface area contributed by atoms with Crippen LogP contribution < -0.4 is 5.32 Å². The van der Waals surface area contributed by atoms with Gasteiger partial charge in [0.05, 0.1) is 12.0 Å². The Morgan fingerprint density at radius 1 is 1.25 bits per heavy atom. The number of furan rings is 1. The monoisotopic (exact) mass is 273 g/mol. The first-order valence-electron chi connectivity index (χ1n) is 6.61. The maximum absolute atomic E-state index is 11.8. The number of hydrogen-bond acceptors (Lipinski definition) is 4. The molecular weight excluding hydrogens is 254 g/mol. The van der Waals surface area contributed by atoms with Gasteiger partial charge < -0.3 is 9.73 Å². The smallest absolute Gasteiger partial charge is 0.226 e. The summed E-state index contributed by atoms with van der Waals surface area (Å²) < 4.78 is 5.18. The number of amides is 1. The van der Waals surface area contributed by atoms with Crippen LogP contribution in [0.4, 0.5) is 5.82 Å². The zero-order valence-electron chi connectivity index (χ0n) is 12.0. The Labute approximate surface area is 118 Å². The molecule has 0 unspecified atom stereocenters. The van der Waals surface area contributed by atoms with Gasteiger partial charge in [-0.2, -0.15) is 5.10 Å². The Balaban J connectivity index is 1.88. The molecule has 2 heterocycles. The predicted octanol–water partition coefficient (Wildman–Crippen LogP) is 2.94. The summed E-state index contributed by atoms with van der Waals surface area (Å²) in [6.45, 7) is 6.20. The van der Waals surface area contributed by atoms with E-state index in [0.29, 0.717) is 18.7 Å². The molecule has 0 aliphatic carbocycles. The molecular formula is C15H19N3O2.